The third-order valence-electron chi connectivity index (χ3n) is 4.66. The molecule has 1 fully saturated rings. The van der Waals surface area contributed by atoms with Crippen molar-refractivity contribution in [3.05, 3.63) is 41.2 Å². The highest BCUT2D eigenvalue weighted by Gasteiger charge is 2.26. The molecular formula is C19H26FN3S. The van der Waals surface area contributed by atoms with Gasteiger partial charge in [0.05, 0.1) is 5.69 Å². The number of piperidine rings is 1. The van der Waals surface area contributed by atoms with E-state index in [1.807, 2.05) is 0 Å². The topological polar surface area (TPSA) is 28.2 Å². The van der Waals surface area contributed by atoms with Gasteiger partial charge < -0.3 is 5.32 Å². The summed E-state index contributed by atoms with van der Waals surface area (Å²) in [5.41, 5.74) is 2.31. The second kappa shape index (κ2) is 7.30. The highest BCUT2D eigenvalue weighted by molar-refractivity contribution is 7.13. The van der Waals surface area contributed by atoms with Crippen LogP contribution in [0.5, 0.6) is 0 Å². The molecule has 24 heavy (non-hydrogen) atoms. The molecule has 1 aromatic heterocycles. The quantitative estimate of drug-likeness (QED) is 0.894. The Bertz CT molecular complexity index is 652. The van der Waals surface area contributed by atoms with Gasteiger partial charge in [0.1, 0.15) is 10.8 Å². The lowest BCUT2D eigenvalue weighted by molar-refractivity contribution is 0.0959. The minimum absolute atomic E-state index is 0.209. The van der Waals surface area contributed by atoms with E-state index in [1.54, 1.807) is 23.5 Å². The van der Waals surface area contributed by atoms with Crippen LogP contribution in [0, 0.1) is 5.82 Å². The SMILES string of the molecule is CC(C)(C)N1CCC(NCc2csc(-c3ccc(F)cc3)n2)CC1. The maximum Gasteiger partial charge on any atom is 0.123 e. The van der Waals surface area contributed by atoms with E-state index in [0.717, 1.165) is 35.9 Å². The number of thiazole rings is 1. The van der Waals surface area contributed by atoms with Crippen molar-refractivity contribution in [1.82, 2.24) is 15.2 Å². The molecule has 130 valence electrons. The Morgan fingerprint density at radius 3 is 2.50 bits per heavy atom. The van der Waals surface area contributed by atoms with Crippen LogP contribution in [-0.4, -0.2) is 34.6 Å². The second-order valence-corrected chi connectivity index (χ2v) is 8.32. The molecule has 0 amide bonds. The van der Waals surface area contributed by atoms with E-state index >= 15 is 0 Å². The predicted molar refractivity (Wildman–Crippen MR) is 98.7 cm³/mol. The van der Waals surface area contributed by atoms with Crippen LogP contribution in [0.4, 0.5) is 4.39 Å². The molecule has 2 heterocycles. The standard InChI is InChI=1S/C19H26FN3S/c1-19(2,3)23-10-8-16(9-11-23)21-12-17-13-24-18(22-17)14-4-6-15(20)7-5-14/h4-7,13,16,21H,8-12H2,1-3H3. The molecule has 1 N–H and O–H groups in total. The van der Waals surface area contributed by atoms with Gasteiger partial charge >= 0.3 is 0 Å². The Morgan fingerprint density at radius 2 is 1.88 bits per heavy atom. The van der Waals surface area contributed by atoms with Crippen LogP contribution in [-0.2, 0) is 6.54 Å². The molecule has 2 aromatic rings. The number of benzene rings is 1. The maximum atomic E-state index is 13.0. The van der Waals surface area contributed by atoms with Crippen molar-refractivity contribution in [2.45, 2.75) is 51.7 Å². The first-order valence-corrected chi connectivity index (χ1v) is 9.48. The molecule has 0 saturated carbocycles. The van der Waals surface area contributed by atoms with Crippen LogP contribution in [0.3, 0.4) is 0 Å². The van der Waals surface area contributed by atoms with Gasteiger partial charge in [0.15, 0.2) is 0 Å². The van der Waals surface area contributed by atoms with Crippen LogP contribution in [0.1, 0.15) is 39.3 Å². The highest BCUT2D eigenvalue weighted by Crippen LogP contribution is 2.24. The number of nitrogens with zero attached hydrogens (tertiary/aromatic N) is 2. The monoisotopic (exact) mass is 347 g/mol. The van der Waals surface area contributed by atoms with Gasteiger partial charge in [-0.25, -0.2) is 9.37 Å². The van der Waals surface area contributed by atoms with E-state index in [2.05, 4.69) is 41.4 Å². The maximum absolute atomic E-state index is 13.0. The minimum atomic E-state index is -0.209. The zero-order valence-corrected chi connectivity index (χ0v) is 15.5. The normalized spacial score (nSPS) is 17.3. The van der Waals surface area contributed by atoms with Crippen molar-refractivity contribution in [1.29, 1.82) is 0 Å². The molecule has 0 unspecified atom stereocenters. The number of rotatable bonds is 4. The van der Waals surface area contributed by atoms with E-state index in [0.29, 0.717) is 6.04 Å². The van der Waals surface area contributed by atoms with Crippen molar-refractivity contribution in [3.8, 4) is 10.6 Å². The summed E-state index contributed by atoms with van der Waals surface area (Å²) in [6.07, 6.45) is 2.37. The van der Waals surface area contributed by atoms with Gasteiger partial charge in [0.2, 0.25) is 0 Å². The average molecular weight is 348 g/mol. The molecule has 0 bridgehead atoms. The summed E-state index contributed by atoms with van der Waals surface area (Å²) in [4.78, 5) is 7.23. The molecule has 1 aromatic carbocycles. The third kappa shape index (κ3) is 4.41. The summed E-state index contributed by atoms with van der Waals surface area (Å²) < 4.78 is 13.0. The Hall–Kier alpha value is -1.30. The number of hydrogen-bond donors (Lipinski definition) is 1. The smallest absolute Gasteiger partial charge is 0.123 e. The summed E-state index contributed by atoms with van der Waals surface area (Å²) >= 11 is 1.62. The minimum Gasteiger partial charge on any atom is -0.308 e. The Kier molecular flexibility index (Phi) is 5.33. The average Bonchev–Trinajstić information content (AvgIpc) is 3.02. The molecule has 0 atom stereocenters. The lowest BCUT2D eigenvalue weighted by Crippen LogP contribution is -2.49. The molecule has 0 radical (unpaired) electrons. The summed E-state index contributed by atoms with van der Waals surface area (Å²) in [6, 6.07) is 7.11. The molecule has 0 spiro atoms. The Labute approximate surface area is 147 Å². The fraction of sp³-hybridized carbons (Fsp3) is 0.526. The molecule has 3 nitrogen and oxygen atoms in total. The first-order valence-electron chi connectivity index (χ1n) is 8.60. The van der Waals surface area contributed by atoms with Crippen LogP contribution in [0.2, 0.25) is 0 Å². The zero-order valence-electron chi connectivity index (χ0n) is 14.7. The molecular weight excluding hydrogens is 321 g/mol. The molecule has 1 saturated heterocycles. The Morgan fingerprint density at radius 1 is 1.21 bits per heavy atom. The number of aromatic nitrogens is 1. The summed E-state index contributed by atoms with van der Waals surface area (Å²) in [5.74, 6) is -0.209. The van der Waals surface area contributed by atoms with Crippen molar-refractivity contribution < 1.29 is 4.39 Å². The largest absolute Gasteiger partial charge is 0.308 e. The van der Waals surface area contributed by atoms with Crippen LogP contribution in [0.25, 0.3) is 10.6 Å². The Balaban J connectivity index is 1.51. The van der Waals surface area contributed by atoms with Gasteiger partial charge in [-0.05, 0) is 57.9 Å². The summed E-state index contributed by atoms with van der Waals surface area (Å²) in [7, 11) is 0. The van der Waals surface area contributed by atoms with Crippen LogP contribution in [0.15, 0.2) is 29.6 Å². The van der Waals surface area contributed by atoms with E-state index in [1.165, 1.54) is 25.0 Å². The zero-order chi connectivity index (χ0) is 17.2. The first kappa shape index (κ1) is 17.5. The van der Waals surface area contributed by atoms with Gasteiger partial charge in [-0.1, -0.05) is 0 Å². The van der Waals surface area contributed by atoms with Crippen LogP contribution >= 0.6 is 11.3 Å². The van der Waals surface area contributed by atoms with Gasteiger partial charge in [-0.2, -0.15) is 0 Å². The van der Waals surface area contributed by atoms with Gasteiger partial charge in [-0.3, -0.25) is 4.90 Å². The van der Waals surface area contributed by atoms with Gasteiger partial charge in [0.25, 0.3) is 0 Å². The third-order valence-corrected chi connectivity index (χ3v) is 5.60. The van der Waals surface area contributed by atoms with Crippen molar-refractivity contribution in [2.75, 3.05) is 13.1 Å². The van der Waals surface area contributed by atoms with Crippen molar-refractivity contribution >= 4 is 11.3 Å². The predicted octanol–water partition coefficient (Wildman–Crippen LogP) is 4.30. The number of likely N-dealkylation sites (tertiary alicyclic amines) is 1. The lowest BCUT2D eigenvalue weighted by atomic mass is 9.98. The molecule has 3 rings (SSSR count). The van der Waals surface area contributed by atoms with E-state index in [9.17, 15) is 4.39 Å². The van der Waals surface area contributed by atoms with Crippen molar-refractivity contribution in [2.24, 2.45) is 0 Å². The first-order chi connectivity index (χ1) is 11.4. The number of halogens is 1. The fourth-order valence-corrected chi connectivity index (χ4v) is 3.94. The van der Waals surface area contributed by atoms with Crippen molar-refractivity contribution in [3.63, 3.8) is 0 Å². The van der Waals surface area contributed by atoms with Crippen LogP contribution < -0.4 is 5.32 Å². The van der Waals surface area contributed by atoms with Gasteiger partial charge in [-0.15, -0.1) is 11.3 Å². The highest BCUT2D eigenvalue weighted by atomic mass is 32.1. The number of hydrogen-bond acceptors (Lipinski definition) is 4. The van der Waals surface area contributed by atoms with E-state index in [4.69, 9.17) is 0 Å². The second-order valence-electron chi connectivity index (χ2n) is 7.46. The molecule has 5 heteroatoms. The molecule has 0 aliphatic carbocycles. The molecule has 1 aliphatic rings. The van der Waals surface area contributed by atoms with E-state index in [-0.39, 0.29) is 11.4 Å². The summed E-state index contributed by atoms with van der Waals surface area (Å²) in [5, 5.41) is 6.69. The lowest BCUT2D eigenvalue weighted by Gasteiger charge is -2.41. The van der Waals surface area contributed by atoms with Gasteiger partial charge in [0, 0.05) is 42.2 Å². The van der Waals surface area contributed by atoms with E-state index < -0.39 is 0 Å². The number of nitrogens with one attached hydrogen (secondary N) is 1. The summed E-state index contributed by atoms with van der Waals surface area (Å²) in [6.45, 7) is 9.96. The fourth-order valence-electron chi connectivity index (χ4n) is 3.12. The molecule has 1 aliphatic heterocycles.